The first-order valence-electron chi connectivity index (χ1n) is 3.64. The van der Waals surface area contributed by atoms with Crippen LogP contribution in [0.2, 0.25) is 0 Å². The van der Waals surface area contributed by atoms with Crippen molar-refractivity contribution in [1.82, 2.24) is 0 Å². The molecule has 0 saturated carbocycles. The number of rotatable bonds is 4. The zero-order valence-electron chi connectivity index (χ0n) is 8.00. The molecule has 0 radical (unpaired) electrons. The maximum absolute atomic E-state index is 10.5. The molecule has 0 spiro atoms. The van der Waals surface area contributed by atoms with Gasteiger partial charge in [0.2, 0.25) is 0 Å². The predicted octanol–water partition coefficient (Wildman–Crippen LogP) is 1.25. The number of carboxylic acids is 1. The Hall–Kier alpha value is -1.58. The second-order valence-corrected chi connectivity index (χ2v) is 2.37. The molecule has 0 bridgehead atoms. The fourth-order valence-electron chi connectivity index (χ4n) is 0.641. The fraction of sp³-hybridized carbons (Fsp3) is 0.333. The van der Waals surface area contributed by atoms with Crippen LogP contribution in [0.15, 0.2) is 29.0 Å². The van der Waals surface area contributed by atoms with Crippen LogP contribution < -0.4 is 0 Å². The molecule has 0 aliphatic rings. The maximum atomic E-state index is 10.5. The highest BCUT2D eigenvalue weighted by molar-refractivity contribution is 6.09. The zero-order valence-corrected chi connectivity index (χ0v) is 8.00. The summed E-state index contributed by atoms with van der Waals surface area (Å²) in [5.74, 6) is -0.631. The number of methoxy groups -OCH3 is 1. The number of hydrogen-bond donors (Lipinski definition) is 1. The summed E-state index contributed by atoms with van der Waals surface area (Å²) in [6.07, 6.45) is 1.41. The number of carbonyl (C=O) groups is 1. The molecule has 0 fully saturated rings. The summed E-state index contributed by atoms with van der Waals surface area (Å²) in [5, 5.41) is 8.59. The summed E-state index contributed by atoms with van der Waals surface area (Å²) >= 11 is 0. The zero-order chi connectivity index (χ0) is 10.4. The standard InChI is InChI=1S/C9H13NO3/c1-6(9(11)12)5-8(10-3)7(2)13-4/h5H,2H2,1,3-4H3,(H,11,12)/b6-5+,10-8+. The number of carboxylic acid groups (broad SMARTS) is 1. The Morgan fingerprint density at radius 1 is 1.62 bits per heavy atom. The molecule has 0 amide bonds. The van der Waals surface area contributed by atoms with Crippen LogP contribution in [-0.2, 0) is 9.53 Å². The van der Waals surface area contributed by atoms with Gasteiger partial charge in [-0.15, -0.1) is 0 Å². The van der Waals surface area contributed by atoms with Gasteiger partial charge < -0.3 is 9.84 Å². The molecule has 13 heavy (non-hydrogen) atoms. The van der Waals surface area contributed by atoms with Crippen molar-refractivity contribution in [2.45, 2.75) is 6.92 Å². The molecule has 0 aromatic heterocycles. The van der Waals surface area contributed by atoms with E-state index in [-0.39, 0.29) is 5.57 Å². The minimum atomic E-state index is -0.981. The molecule has 0 heterocycles. The van der Waals surface area contributed by atoms with Crippen LogP contribution in [-0.4, -0.2) is 30.9 Å². The van der Waals surface area contributed by atoms with Crippen LogP contribution in [0.25, 0.3) is 0 Å². The third-order valence-corrected chi connectivity index (χ3v) is 1.46. The van der Waals surface area contributed by atoms with E-state index in [2.05, 4.69) is 11.6 Å². The maximum Gasteiger partial charge on any atom is 0.331 e. The highest BCUT2D eigenvalue weighted by Crippen LogP contribution is 2.01. The van der Waals surface area contributed by atoms with Gasteiger partial charge in [-0.05, 0) is 13.0 Å². The third kappa shape index (κ3) is 3.55. The van der Waals surface area contributed by atoms with Crippen molar-refractivity contribution in [3.05, 3.63) is 24.0 Å². The highest BCUT2D eigenvalue weighted by Gasteiger charge is 2.05. The molecule has 0 aromatic rings. The van der Waals surface area contributed by atoms with Crippen LogP contribution >= 0.6 is 0 Å². The Labute approximate surface area is 77.2 Å². The van der Waals surface area contributed by atoms with Crippen molar-refractivity contribution in [2.75, 3.05) is 14.2 Å². The normalized spacial score (nSPS) is 12.5. The molecule has 0 rings (SSSR count). The Morgan fingerprint density at radius 3 is 2.46 bits per heavy atom. The van der Waals surface area contributed by atoms with Crippen molar-refractivity contribution < 1.29 is 14.6 Å². The number of aliphatic imine (C=N–C) groups is 1. The summed E-state index contributed by atoms with van der Waals surface area (Å²) in [6, 6.07) is 0. The van der Waals surface area contributed by atoms with Crippen molar-refractivity contribution in [3.63, 3.8) is 0 Å². The summed E-state index contributed by atoms with van der Waals surface area (Å²) in [4.78, 5) is 14.3. The molecule has 0 aliphatic carbocycles. The lowest BCUT2D eigenvalue weighted by Crippen LogP contribution is -2.04. The van der Waals surface area contributed by atoms with Gasteiger partial charge in [-0.25, -0.2) is 4.79 Å². The minimum absolute atomic E-state index is 0.193. The average molecular weight is 183 g/mol. The lowest BCUT2D eigenvalue weighted by atomic mass is 10.2. The molecule has 4 heteroatoms. The minimum Gasteiger partial charge on any atom is -0.495 e. The van der Waals surface area contributed by atoms with Gasteiger partial charge in [-0.1, -0.05) is 6.58 Å². The number of aliphatic carboxylic acids is 1. The first kappa shape index (κ1) is 11.4. The van der Waals surface area contributed by atoms with Gasteiger partial charge in [0.25, 0.3) is 0 Å². The number of nitrogens with zero attached hydrogens (tertiary/aromatic N) is 1. The first-order chi connectivity index (χ1) is 6.02. The van der Waals surface area contributed by atoms with Gasteiger partial charge in [0.1, 0.15) is 5.76 Å². The van der Waals surface area contributed by atoms with E-state index in [1.54, 1.807) is 7.05 Å². The van der Waals surface area contributed by atoms with Crippen LogP contribution in [0.3, 0.4) is 0 Å². The molecule has 0 saturated heterocycles. The Bertz CT molecular complexity index is 277. The van der Waals surface area contributed by atoms with Gasteiger partial charge in [0, 0.05) is 12.6 Å². The van der Waals surface area contributed by atoms with Crippen molar-refractivity contribution in [3.8, 4) is 0 Å². The number of hydrogen-bond acceptors (Lipinski definition) is 3. The van der Waals surface area contributed by atoms with Gasteiger partial charge >= 0.3 is 5.97 Å². The predicted molar refractivity (Wildman–Crippen MR) is 50.9 cm³/mol. The van der Waals surface area contributed by atoms with Crippen LogP contribution in [0.4, 0.5) is 0 Å². The topological polar surface area (TPSA) is 58.9 Å². The van der Waals surface area contributed by atoms with Gasteiger partial charge in [0.05, 0.1) is 12.8 Å². The Morgan fingerprint density at radius 2 is 2.15 bits per heavy atom. The van der Waals surface area contributed by atoms with Crippen molar-refractivity contribution >= 4 is 11.7 Å². The van der Waals surface area contributed by atoms with Crippen molar-refractivity contribution in [2.24, 2.45) is 4.99 Å². The van der Waals surface area contributed by atoms with Crippen LogP contribution in [0, 0.1) is 0 Å². The van der Waals surface area contributed by atoms with Crippen LogP contribution in [0.1, 0.15) is 6.92 Å². The van der Waals surface area contributed by atoms with Crippen LogP contribution in [0.5, 0.6) is 0 Å². The Kier molecular flexibility index (Phi) is 4.51. The van der Waals surface area contributed by atoms with Crippen molar-refractivity contribution in [1.29, 1.82) is 0 Å². The van der Waals surface area contributed by atoms with E-state index in [0.29, 0.717) is 11.5 Å². The molecule has 72 valence electrons. The molecule has 0 aromatic carbocycles. The third-order valence-electron chi connectivity index (χ3n) is 1.46. The van der Waals surface area contributed by atoms with E-state index in [0.717, 1.165) is 0 Å². The van der Waals surface area contributed by atoms with E-state index >= 15 is 0 Å². The van der Waals surface area contributed by atoms with Gasteiger partial charge in [-0.2, -0.15) is 0 Å². The average Bonchev–Trinajstić information content (AvgIpc) is 2.12. The van der Waals surface area contributed by atoms with E-state index in [9.17, 15) is 4.79 Å². The largest absolute Gasteiger partial charge is 0.495 e. The molecule has 4 nitrogen and oxygen atoms in total. The molecule has 0 aliphatic heterocycles. The van der Waals surface area contributed by atoms with E-state index in [4.69, 9.17) is 9.84 Å². The number of allylic oxidation sites excluding steroid dienone is 1. The van der Waals surface area contributed by atoms with E-state index < -0.39 is 5.97 Å². The molecule has 0 unspecified atom stereocenters. The first-order valence-corrected chi connectivity index (χ1v) is 3.64. The van der Waals surface area contributed by atoms with E-state index in [1.165, 1.54) is 20.1 Å². The fourth-order valence-corrected chi connectivity index (χ4v) is 0.641. The van der Waals surface area contributed by atoms with E-state index in [1.807, 2.05) is 0 Å². The lowest BCUT2D eigenvalue weighted by molar-refractivity contribution is -0.132. The molecular formula is C9H13NO3. The quantitative estimate of drug-likeness (QED) is 0.405. The number of ether oxygens (including phenoxy) is 1. The summed E-state index contributed by atoms with van der Waals surface area (Å²) in [5.41, 5.74) is 0.626. The van der Waals surface area contributed by atoms with Gasteiger partial charge in [-0.3, -0.25) is 4.99 Å². The lowest BCUT2D eigenvalue weighted by Gasteiger charge is -2.03. The summed E-state index contributed by atoms with van der Waals surface area (Å²) in [6.45, 7) is 5.05. The summed E-state index contributed by atoms with van der Waals surface area (Å²) in [7, 11) is 3.00. The SMILES string of the molecule is C=C(OC)C(/C=C(\C)C(=O)O)=N/C. The second-order valence-electron chi connectivity index (χ2n) is 2.37. The molecular weight excluding hydrogens is 170 g/mol. The summed E-state index contributed by atoms with van der Waals surface area (Å²) < 4.78 is 4.82. The highest BCUT2D eigenvalue weighted by atomic mass is 16.5. The monoisotopic (exact) mass is 183 g/mol. The molecule has 0 atom stereocenters. The Balaban J connectivity index is 4.75. The second kappa shape index (κ2) is 5.13. The van der Waals surface area contributed by atoms with Gasteiger partial charge in [0.15, 0.2) is 0 Å². The smallest absolute Gasteiger partial charge is 0.331 e. The molecule has 1 N–H and O–H groups in total.